The molecule has 0 fully saturated rings. The monoisotopic (exact) mass is 165 g/mol. The van der Waals surface area contributed by atoms with Crippen molar-refractivity contribution in [3.05, 3.63) is 11.3 Å². The minimum atomic E-state index is 0.267. The molecule has 0 radical (unpaired) electrons. The van der Waals surface area contributed by atoms with Gasteiger partial charge in [-0.25, -0.2) is 0 Å². The first-order valence-corrected chi connectivity index (χ1v) is 4.57. The van der Waals surface area contributed by atoms with Crippen LogP contribution < -0.4 is 0 Å². The first kappa shape index (κ1) is 9.17. The van der Waals surface area contributed by atoms with E-state index >= 15 is 0 Å². The molecular formula is C10H15NO. The number of aliphatic imine (C=N–C) groups is 1. The van der Waals surface area contributed by atoms with Gasteiger partial charge < -0.3 is 0 Å². The molecule has 1 heterocycles. The Morgan fingerprint density at radius 2 is 2.25 bits per heavy atom. The van der Waals surface area contributed by atoms with Crippen molar-refractivity contribution >= 4 is 12.0 Å². The molecule has 0 aromatic heterocycles. The Bertz CT molecular complexity index is 238. The molecule has 0 bridgehead atoms. The van der Waals surface area contributed by atoms with Gasteiger partial charge in [0.2, 0.25) is 0 Å². The molecule has 2 heteroatoms. The Balaban J connectivity index is 2.87. The number of carbonyl (C=O) groups is 1. The minimum Gasteiger partial charge on any atom is -0.294 e. The Morgan fingerprint density at radius 3 is 2.83 bits per heavy atom. The van der Waals surface area contributed by atoms with E-state index in [-0.39, 0.29) is 5.78 Å². The zero-order valence-electron chi connectivity index (χ0n) is 7.76. The van der Waals surface area contributed by atoms with E-state index in [1.54, 1.807) is 6.21 Å². The van der Waals surface area contributed by atoms with E-state index in [9.17, 15) is 4.79 Å². The van der Waals surface area contributed by atoms with Crippen molar-refractivity contribution in [3.63, 3.8) is 0 Å². The van der Waals surface area contributed by atoms with Gasteiger partial charge in [0.1, 0.15) is 0 Å². The molecule has 1 aliphatic heterocycles. The van der Waals surface area contributed by atoms with Crippen LogP contribution in [0, 0.1) is 0 Å². The van der Waals surface area contributed by atoms with Crippen LogP contribution in [0.15, 0.2) is 16.3 Å². The van der Waals surface area contributed by atoms with E-state index in [0.717, 1.165) is 30.5 Å². The van der Waals surface area contributed by atoms with Crippen LogP contribution in [-0.2, 0) is 4.79 Å². The van der Waals surface area contributed by atoms with Gasteiger partial charge in [-0.1, -0.05) is 20.3 Å². The summed E-state index contributed by atoms with van der Waals surface area (Å²) in [5.74, 6) is 0.267. The largest absolute Gasteiger partial charge is 0.294 e. The lowest BCUT2D eigenvalue weighted by atomic mass is 9.99. The Labute approximate surface area is 73.4 Å². The second-order valence-electron chi connectivity index (χ2n) is 2.97. The van der Waals surface area contributed by atoms with Gasteiger partial charge in [0.05, 0.1) is 0 Å². The maximum atomic E-state index is 11.4. The number of hydrogen-bond donors (Lipinski definition) is 0. The molecule has 0 aliphatic carbocycles. The molecule has 0 aromatic rings. The van der Waals surface area contributed by atoms with E-state index in [0.29, 0.717) is 6.42 Å². The Morgan fingerprint density at radius 1 is 1.50 bits per heavy atom. The average Bonchev–Trinajstić information content (AvgIpc) is 2.09. The fourth-order valence-corrected chi connectivity index (χ4v) is 1.44. The molecule has 0 saturated heterocycles. The fraction of sp³-hybridized carbons (Fsp3) is 0.600. The van der Waals surface area contributed by atoms with Gasteiger partial charge in [0, 0.05) is 23.9 Å². The lowest BCUT2D eigenvalue weighted by Crippen LogP contribution is -2.10. The molecule has 0 saturated carbocycles. The molecule has 1 rings (SSSR count). The van der Waals surface area contributed by atoms with Crippen molar-refractivity contribution in [2.75, 3.05) is 0 Å². The van der Waals surface area contributed by atoms with Crippen molar-refractivity contribution in [3.8, 4) is 0 Å². The topological polar surface area (TPSA) is 29.4 Å². The third kappa shape index (κ3) is 1.81. The first-order chi connectivity index (χ1) is 5.79. The summed E-state index contributed by atoms with van der Waals surface area (Å²) >= 11 is 0. The molecule has 0 N–H and O–H groups in total. The quantitative estimate of drug-likeness (QED) is 0.631. The molecule has 0 aromatic carbocycles. The third-order valence-electron chi connectivity index (χ3n) is 2.04. The summed E-state index contributed by atoms with van der Waals surface area (Å²) in [5.41, 5.74) is 1.95. The van der Waals surface area contributed by atoms with Gasteiger partial charge in [-0.2, -0.15) is 0 Å². The molecule has 2 nitrogen and oxygen atoms in total. The number of nitrogens with zero attached hydrogens (tertiary/aromatic N) is 1. The maximum Gasteiger partial charge on any atom is 0.165 e. The summed E-state index contributed by atoms with van der Waals surface area (Å²) < 4.78 is 0. The van der Waals surface area contributed by atoms with Crippen molar-refractivity contribution in [2.24, 2.45) is 4.99 Å². The van der Waals surface area contributed by atoms with Gasteiger partial charge in [0.15, 0.2) is 5.78 Å². The molecule has 66 valence electrons. The summed E-state index contributed by atoms with van der Waals surface area (Å²) in [7, 11) is 0. The maximum absolute atomic E-state index is 11.4. The number of hydrogen-bond acceptors (Lipinski definition) is 2. The summed E-state index contributed by atoms with van der Waals surface area (Å²) in [4.78, 5) is 15.6. The van der Waals surface area contributed by atoms with Gasteiger partial charge in [-0.3, -0.25) is 9.79 Å². The summed E-state index contributed by atoms with van der Waals surface area (Å²) in [6.45, 7) is 4.13. The highest BCUT2D eigenvalue weighted by Crippen LogP contribution is 2.20. The van der Waals surface area contributed by atoms with E-state index in [1.807, 2.05) is 6.92 Å². The highest BCUT2D eigenvalue weighted by Gasteiger charge is 2.15. The third-order valence-corrected chi connectivity index (χ3v) is 2.04. The van der Waals surface area contributed by atoms with E-state index in [2.05, 4.69) is 11.9 Å². The van der Waals surface area contributed by atoms with E-state index < -0.39 is 0 Å². The van der Waals surface area contributed by atoms with E-state index in [4.69, 9.17) is 0 Å². The zero-order chi connectivity index (χ0) is 8.97. The highest BCUT2D eigenvalue weighted by molar-refractivity contribution is 6.05. The van der Waals surface area contributed by atoms with Crippen molar-refractivity contribution in [2.45, 2.75) is 39.5 Å². The normalized spacial score (nSPS) is 17.3. The van der Waals surface area contributed by atoms with Crippen LogP contribution >= 0.6 is 0 Å². The second kappa shape index (κ2) is 4.19. The predicted octanol–water partition coefficient (Wildman–Crippen LogP) is 2.49. The molecular weight excluding hydrogens is 150 g/mol. The second-order valence-corrected chi connectivity index (χ2v) is 2.97. The smallest absolute Gasteiger partial charge is 0.165 e. The minimum absolute atomic E-state index is 0.267. The average molecular weight is 165 g/mol. The molecule has 0 unspecified atom stereocenters. The number of carbonyl (C=O) groups excluding carboxylic acids is 1. The van der Waals surface area contributed by atoms with Crippen LogP contribution in [0.25, 0.3) is 0 Å². The first-order valence-electron chi connectivity index (χ1n) is 4.57. The molecule has 0 amide bonds. The van der Waals surface area contributed by atoms with Crippen LogP contribution in [0.2, 0.25) is 0 Å². The lowest BCUT2D eigenvalue weighted by molar-refractivity contribution is -0.114. The number of Topliss-reactive ketones (excluding diaryl/α,β-unsaturated/α-hetero) is 1. The van der Waals surface area contributed by atoms with Crippen LogP contribution in [0.4, 0.5) is 0 Å². The molecule has 12 heavy (non-hydrogen) atoms. The number of allylic oxidation sites excluding steroid dienone is 2. The van der Waals surface area contributed by atoms with Crippen molar-refractivity contribution < 1.29 is 4.79 Å². The SMILES string of the molecule is CCCC1=C(CC)N=CCC1=O. The van der Waals surface area contributed by atoms with Crippen LogP contribution in [0.5, 0.6) is 0 Å². The van der Waals surface area contributed by atoms with Gasteiger partial charge >= 0.3 is 0 Å². The van der Waals surface area contributed by atoms with E-state index in [1.165, 1.54) is 0 Å². The summed E-state index contributed by atoms with van der Waals surface area (Å²) in [5, 5.41) is 0. The van der Waals surface area contributed by atoms with Crippen molar-refractivity contribution in [1.29, 1.82) is 0 Å². The highest BCUT2D eigenvalue weighted by atomic mass is 16.1. The number of rotatable bonds is 3. The van der Waals surface area contributed by atoms with Crippen LogP contribution in [0.1, 0.15) is 39.5 Å². The standard InChI is InChI=1S/C10H15NO/c1-3-5-8-9(4-2)11-7-6-10(8)12/h7H,3-6H2,1-2H3. The van der Waals surface area contributed by atoms with Crippen molar-refractivity contribution in [1.82, 2.24) is 0 Å². The summed E-state index contributed by atoms with van der Waals surface area (Å²) in [6, 6.07) is 0. The van der Waals surface area contributed by atoms with Crippen LogP contribution in [-0.4, -0.2) is 12.0 Å². The predicted molar refractivity (Wildman–Crippen MR) is 50.3 cm³/mol. The van der Waals surface area contributed by atoms with Gasteiger partial charge in [-0.05, 0) is 12.8 Å². The summed E-state index contributed by atoms with van der Waals surface area (Å²) in [6.07, 6.45) is 5.01. The van der Waals surface area contributed by atoms with Crippen LogP contribution in [0.3, 0.4) is 0 Å². The van der Waals surface area contributed by atoms with Gasteiger partial charge in [0.25, 0.3) is 0 Å². The number of ketones is 1. The Hall–Kier alpha value is -0.920. The fourth-order valence-electron chi connectivity index (χ4n) is 1.44. The lowest BCUT2D eigenvalue weighted by Gasteiger charge is -2.11. The van der Waals surface area contributed by atoms with Gasteiger partial charge in [-0.15, -0.1) is 0 Å². The Kier molecular flexibility index (Phi) is 3.20. The molecule has 0 spiro atoms. The molecule has 1 aliphatic rings. The molecule has 0 atom stereocenters. The zero-order valence-corrected chi connectivity index (χ0v) is 7.76.